The number of hydrogen-bond donors (Lipinski definition) is 1. The summed E-state index contributed by atoms with van der Waals surface area (Å²) in [5.74, 6) is -1.70. The molecule has 8 heteroatoms. The number of hydrogen-bond acceptors (Lipinski definition) is 6. The second-order valence-corrected chi connectivity index (χ2v) is 5.31. The van der Waals surface area contributed by atoms with Crippen LogP contribution in [-0.2, 0) is 14.3 Å². The van der Waals surface area contributed by atoms with Gasteiger partial charge in [-0.15, -0.1) is 0 Å². The Labute approximate surface area is 146 Å². The third-order valence-electron chi connectivity index (χ3n) is 2.79. The number of esters is 2. The minimum atomic E-state index is -0.742. The van der Waals surface area contributed by atoms with E-state index in [1.165, 1.54) is 18.2 Å². The molecule has 1 heterocycles. The van der Waals surface area contributed by atoms with Gasteiger partial charge in [-0.25, -0.2) is 9.59 Å². The van der Waals surface area contributed by atoms with Gasteiger partial charge in [-0.2, -0.15) is 0 Å². The number of anilines is 1. The molecule has 1 N–H and O–H groups in total. The van der Waals surface area contributed by atoms with E-state index in [-0.39, 0.29) is 12.4 Å². The van der Waals surface area contributed by atoms with E-state index in [0.717, 1.165) is 0 Å². The minimum absolute atomic E-state index is 0.00605. The first kappa shape index (κ1) is 17.7. The predicted octanol–water partition coefficient (Wildman–Crippen LogP) is 3.01. The van der Waals surface area contributed by atoms with Gasteiger partial charge in [-0.3, -0.25) is 4.79 Å². The lowest BCUT2D eigenvalue weighted by Gasteiger charge is -2.07. The van der Waals surface area contributed by atoms with E-state index < -0.39 is 24.5 Å². The van der Waals surface area contributed by atoms with Crippen LogP contribution in [0.1, 0.15) is 27.8 Å². The van der Waals surface area contributed by atoms with E-state index in [2.05, 4.69) is 21.2 Å². The smallest absolute Gasteiger partial charge is 0.374 e. The molecule has 0 atom stereocenters. The number of rotatable bonds is 6. The summed E-state index contributed by atoms with van der Waals surface area (Å²) in [6.07, 6.45) is 0. The molecule has 126 valence electrons. The summed E-state index contributed by atoms with van der Waals surface area (Å²) in [7, 11) is 0. The highest BCUT2D eigenvalue weighted by Crippen LogP contribution is 2.15. The molecule has 24 heavy (non-hydrogen) atoms. The molecule has 7 nitrogen and oxygen atoms in total. The molecule has 0 aliphatic rings. The van der Waals surface area contributed by atoms with Gasteiger partial charge >= 0.3 is 11.9 Å². The molecule has 0 bridgehead atoms. The Hall–Kier alpha value is -2.61. The average molecular weight is 396 g/mol. The number of carbonyl (C=O) groups excluding carboxylic acids is 3. The molecule has 0 fully saturated rings. The monoisotopic (exact) mass is 395 g/mol. The first-order valence-corrected chi connectivity index (χ1v) is 7.78. The lowest BCUT2D eigenvalue weighted by Crippen LogP contribution is -2.20. The second kappa shape index (κ2) is 8.30. The molecule has 0 saturated carbocycles. The maximum Gasteiger partial charge on any atom is 0.374 e. The summed E-state index contributed by atoms with van der Waals surface area (Å²) in [6, 6.07) is 9.13. The highest BCUT2D eigenvalue weighted by Gasteiger charge is 2.14. The minimum Gasteiger partial charge on any atom is -0.462 e. The first-order chi connectivity index (χ1) is 11.5. The molecule has 0 aliphatic carbocycles. The van der Waals surface area contributed by atoms with Crippen LogP contribution in [-0.4, -0.2) is 31.1 Å². The Balaban J connectivity index is 1.84. The number of nitrogens with one attached hydrogen (secondary N) is 1. The Bertz CT molecular complexity index is 737. The van der Waals surface area contributed by atoms with Crippen LogP contribution in [0.3, 0.4) is 0 Å². The number of carbonyl (C=O) groups is 3. The fourth-order valence-corrected chi connectivity index (χ4v) is 2.03. The first-order valence-electron chi connectivity index (χ1n) is 6.99. The molecule has 0 unspecified atom stereocenters. The van der Waals surface area contributed by atoms with Crippen molar-refractivity contribution >= 4 is 39.5 Å². The van der Waals surface area contributed by atoms with Crippen molar-refractivity contribution in [3.05, 3.63) is 52.4 Å². The van der Waals surface area contributed by atoms with E-state index in [1.54, 1.807) is 25.1 Å². The largest absolute Gasteiger partial charge is 0.462 e. The zero-order valence-electron chi connectivity index (χ0n) is 12.7. The zero-order valence-corrected chi connectivity index (χ0v) is 14.3. The molecule has 1 aromatic heterocycles. The molecule has 0 radical (unpaired) electrons. The molecule has 2 rings (SSSR count). The maximum absolute atomic E-state index is 11.8. The van der Waals surface area contributed by atoms with Crippen LogP contribution >= 0.6 is 15.9 Å². The Kier molecular flexibility index (Phi) is 6.14. The third kappa shape index (κ3) is 4.95. The van der Waals surface area contributed by atoms with Crippen molar-refractivity contribution in [2.45, 2.75) is 6.92 Å². The lowest BCUT2D eigenvalue weighted by atomic mass is 10.2. The topological polar surface area (TPSA) is 94.8 Å². The Morgan fingerprint density at radius 1 is 1.04 bits per heavy atom. The summed E-state index contributed by atoms with van der Waals surface area (Å²) >= 11 is 3.06. The summed E-state index contributed by atoms with van der Waals surface area (Å²) in [6.45, 7) is 1.54. The van der Waals surface area contributed by atoms with Gasteiger partial charge in [-0.05, 0) is 59.3 Å². The standard InChI is InChI=1S/C16H14BrNO6/c1-2-22-15(20)10-3-5-11(6-4-10)18-14(19)9-23-16(21)12-7-8-13(17)24-12/h3-8H,2,9H2,1H3,(H,18,19). The lowest BCUT2D eigenvalue weighted by molar-refractivity contribution is -0.119. The number of ether oxygens (including phenoxy) is 2. The summed E-state index contributed by atoms with van der Waals surface area (Å²) in [5.41, 5.74) is 0.842. The molecule has 1 aromatic carbocycles. The van der Waals surface area contributed by atoms with Crippen molar-refractivity contribution in [2.75, 3.05) is 18.5 Å². The van der Waals surface area contributed by atoms with Gasteiger partial charge in [0.05, 0.1) is 12.2 Å². The number of benzene rings is 1. The molecule has 1 amide bonds. The molecule has 0 saturated heterocycles. The SMILES string of the molecule is CCOC(=O)c1ccc(NC(=O)COC(=O)c2ccc(Br)o2)cc1. The van der Waals surface area contributed by atoms with Gasteiger partial charge in [0.25, 0.3) is 5.91 Å². The third-order valence-corrected chi connectivity index (χ3v) is 3.21. The van der Waals surface area contributed by atoms with Gasteiger partial charge in [0.2, 0.25) is 5.76 Å². The Morgan fingerprint density at radius 2 is 1.75 bits per heavy atom. The maximum atomic E-state index is 11.8. The van der Waals surface area contributed by atoms with Gasteiger partial charge in [0.1, 0.15) is 0 Å². The Morgan fingerprint density at radius 3 is 2.33 bits per heavy atom. The van der Waals surface area contributed by atoms with Crippen LogP contribution in [0.25, 0.3) is 0 Å². The van der Waals surface area contributed by atoms with Crippen LogP contribution in [0.5, 0.6) is 0 Å². The van der Waals surface area contributed by atoms with Crippen LogP contribution < -0.4 is 5.32 Å². The number of furan rings is 1. The van der Waals surface area contributed by atoms with E-state index in [1.807, 2.05) is 0 Å². The fourth-order valence-electron chi connectivity index (χ4n) is 1.73. The second-order valence-electron chi connectivity index (χ2n) is 4.53. The van der Waals surface area contributed by atoms with Crippen LogP contribution in [0.2, 0.25) is 0 Å². The van der Waals surface area contributed by atoms with Crippen molar-refractivity contribution in [3.8, 4) is 0 Å². The van der Waals surface area contributed by atoms with Gasteiger partial charge in [-0.1, -0.05) is 0 Å². The van der Waals surface area contributed by atoms with E-state index in [4.69, 9.17) is 13.9 Å². The van der Waals surface area contributed by atoms with Crippen molar-refractivity contribution < 1.29 is 28.3 Å². The van der Waals surface area contributed by atoms with E-state index in [0.29, 0.717) is 15.9 Å². The predicted molar refractivity (Wildman–Crippen MR) is 87.7 cm³/mol. The molecule has 0 spiro atoms. The number of halogens is 1. The quantitative estimate of drug-likeness (QED) is 0.755. The summed E-state index contributed by atoms with van der Waals surface area (Å²) in [5, 5.41) is 2.54. The van der Waals surface area contributed by atoms with E-state index >= 15 is 0 Å². The highest BCUT2D eigenvalue weighted by molar-refractivity contribution is 9.10. The highest BCUT2D eigenvalue weighted by atomic mass is 79.9. The van der Waals surface area contributed by atoms with Gasteiger partial charge < -0.3 is 19.2 Å². The molecule has 2 aromatic rings. The van der Waals surface area contributed by atoms with Crippen LogP contribution in [0.15, 0.2) is 45.5 Å². The fraction of sp³-hybridized carbons (Fsp3) is 0.188. The summed E-state index contributed by atoms with van der Waals surface area (Å²) in [4.78, 5) is 34.9. The normalized spacial score (nSPS) is 10.1. The van der Waals surface area contributed by atoms with Crippen molar-refractivity contribution in [3.63, 3.8) is 0 Å². The van der Waals surface area contributed by atoms with E-state index in [9.17, 15) is 14.4 Å². The van der Waals surface area contributed by atoms with Crippen LogP contribution in [0, 0.1) is 0 Å². The van der Waals surface area contributed by atoms with Gasteiger partial charge in [0.15, 0.2) is 11.3 Å². The van der Waals surface area contributed by atoms with Crippen molar-refractivity contribution in [2.24, 2.45) is 0 Å². The van der Waals surface area contributed by atoms with Crippen LogP contribution in [0.4, 0.5) is 5.69 Å². The van der Waals surface area contributed by atoms with Gasteiger partial charge in [0, 0.05) is 5.69 Å². The molecular formula is C16H14BrNO6. The summed E-state index contributed by atoms with van der Waals surface area (Å²) < 4.78 is 15.1. The molecule has 0 aliphatic heterocycles. The van der Waals surface area contributed by atoms with Crippen molar-refractivity contribution in [1.82, 2.24) is 0 Å². The zero-order chi connectivity index (χ0) is 17.5. The number of amides is 1. The molecular weight excluding hydrogens is 382 g/mol. The average Bonchev–Trinajstić information content (AvgIpc) is 3.00. The van der Waals surface area contributed by atoms with Crippen molar-refractivity contribution in [1.29, 1.82) is 0 Å².